The first-order valence-electron chi connectivity index (χ1n) is 6.99. The Hall–Kier alpha value is -1.28. The SMILES string of the molecule is CNC1CCCCc2[nH]c3c(C)cc(C)cc3c21. The van der Waals surface area contributed by atoms with Crippen molar-refractivity contribution in [1.82, 2.24) is 10.3 Å². The maximum absolute atomic E-state index is 3.68. The Morgan fingerprint density at radius 1 is 1.22 bits per heavy atom. The third-order valence-corrected chi connectivity index (χ3v) is 4.24. The van der Waals surface area contributed by atoms with Gasteiger partial charge >= 0.3 is 0 Å². The van der Waals surface area contributed by atoms with E-state index in [1.807, 2.05) is 0 Å². The quantitative estimate of drug-likeness (QED) is 0.732. The van der Waals surface area contributed by atoms with Crippen LogP contribution in [0.2, 0.25) is 0 Å². The zero-order valence-corrected chi connectivity index (χ0v) is 11.6. The molecule has 1 aromatic carbocycles. The summed E-state index contributed by atoms with van der Waals surface area (Å²) in [6.45, 7) is 4.40. The third kappa shape index (κ3) is 1.76. The van der Waals surface area contributed by atoms with Gasteiger partial charge in [0.1, 0.15) is 0 Å². The van der Waals surface area contributed by atoms with Gasteiger partial charge in [-0.3, -0.25) is 0 Å². The molecule has 1 aliphatic carbocycles. The summed E-state index contributed by atoms with van der Waals surface area (Å²) in [5.74, 6) is 0. The van der Waals surface area contributed by atoms with E-state index < -0.39 is 0 Å². The molecule has 1 heterocycles. The predicted octanol–water partition coefficient (Wildman–Crippen LogP) is 3.77. The van der Waals surface area contributed by atoms with Crippen LogP contribution in [-0.4, -0.2) is 12.0 Å². The van der Waals surface area contributed by atoms with E-state index in [-0.39, 0.29) is 0 Å². The Balaban J connectivity index is 2.29. The van der Waals surface area contributed by atoms with Gasteiger partial charge in [0.2, 0.25) is 0 Å². The number of aryl methyl sites for hydroxylation is 3. The van der Waals surface area contributed by atoms with E-state index >= 15 is 0 Å². The monoisotopic (exact) mass is 242 g/mol. The van der Waals surface area contributed by atoms with Crippen LogP contribution in [0.1, 0.15) is 47.7 Å². The topological polar surface area (TPSA) is 27.8 Å². The van der Waals surface area contributed by atoms with E-state index in [2.05, 4.69) is 43.3 Å². The number of H-pyrrole nitrogens is 1. The number of hydrogen-bond donors (Lipinski definition) is 2. The highest BCUT2D eigenvalue weighted by Gasteiger charge is 2.22. The van der Waals surface area contributed by atoms with Gasteiger partial charge in [-0.1, -0.05) is 18.1 Å². The van der Waals surface area contributed by atoms with Crippen LogP contribution in [0.15, 0.2) is 12.1 Å². The Labute approximate surface area is 109 Å². The number of aromatic nitrogens is 1. The second-order valence-electron chi connectivity index (χ2n) is 5.61. The van der Waals surface area contributed by atoms with Crippen LogP contribution in [0.4, 0.5) is 0 Å². The van der Waals surface area contributed by atoms with Gasteiger partial charge in [0.05, 0.1) is 0 Å². The van der Waals surface area contributed by atoms with Gasteiger partial charge in [0, 0.05) is 22.6 Å². The molecule has 1 unspecified atom stereocenters. The van der Waals surface area contributed by atoms with Gasteiger partial charge in [0.15, 0.2) is 0 Å². The van der Waals surface area contributed by atoms with Gasteiger partial charge in [-0.15, -0.1) is 0 Å². The van der Waals surface area contributed by atoms with Crippen molar-refractivity contribution in [2.75, 3.05) is 7.05 Å². The Morgan fingerprint density at radius 2 is 2.06 bits per heavy atom. The second-order valence-corrected chi connectivity index (χ2v) is 5.61. The summed E-state index contributed by atoms with van der Waals surface area (Å²) in [5.41, 5.74) is 7.05. The number of nitrogens with one attached hydrogen (secondary N) is 2. The largest absolute Gasteiger partial charge is 0.358 e. The number of rotatable bonds is 1. The molecule has 1 aromatic heterocycles. The van der Waals surface area contributed by atoms with Gasteiger partial charge in [0.25, 0.3) is 0 Å². The first-order chi connectivity index (χ1) is 8.70. The molecule has 2 heteroatoms. The van der Waals surface area contributed by atoms with Crippen molar-refractivity contribution >= 4 is 10.9 Å². The minimum absolute atomic E-state index is 0.512. The molecule has 0 radical (unpaired) electrons. The summed E-state index contributed by atoms with van der Waals surface area (Å²) in [6.07, 6.45) is 5.07. The number of aromatic amines is 1. The Bertz CT molecular complexity index is 580. The molecule has 0 fully saturated rings. The highest BCUT2D eigenvalue weighted by molar-refractivity contribution is 5.88. The van der Waals surface area contributed by atoms with E-state index in [0.29, 0.717) is 6.04 Å². The highest BCUT2D eigenvalue weighted by atomic mass is 14.9. The lowest BCUT2D eigenvalue weighted by atomic mass is 9.98. The van der Waals surface area contributed by atoms with Crippen molar-refractivity contribution in [2.24, 2.45) is 0 Å². The zero-order valence-electron chi connectivity index (χ0n) is 11.6. The molecular weight excluding hydrogens is 220 g/mol. The van der Waals surface area contributed by atoms with E-state index in [1.54, 1.807) is 0 Å². The fourth-order valence-electron chi connectivity index (χ4n) is 3.41. The zero-order chi connectivity index (χ0) is 12.7. The molecule has 2 aromatic rings. The predicted molar refractivity (Wildman–Crippen MR) is 77.1 cm³/mol. The molecule has 0 bridgehead atoms. The molecule has 18 heavy (non-hydrogen) atoms. The first-order valence-corrected chi connectivity index (χ1v) is 6.99. The van der Waals surface area contributed by atoms with E-state index in [1.165, 1.54) is 59.0 Å². The molecule has 0 aliphatic heterocycles. The van der Waals surface area contributed by atoms with Crippen molar-refractivity contribution in [2.45, 2.75) is 45.6 Å². The van der Waals surface area contributed by atoms with Crippen LogP contribution in [0.3, 0.4) is 0 Å². The molecule has 2 N–H and O–H groups in total. The smallest absolute Gasteiger partial charge is 0.0489 e. The Kier molecular flexibility index (Phi) is 2.90. The number of hydrogen-bond acceptors (Lipinski definition) is 1. The van der Waals surface area contributed by atoms with Crippen molar-refractivity contribution < 1.29 is 0 Å². The molecule has 0 amide bonds. The van der Waals surface area contributed by atoms with Gasteiger partial charge in [-0.05, 0) is 57.4 Å². The molecule has 0 saturated heterocycles. The first kappa shape index (κ1) is 11.8. The Morgan fingerprint density at radius 3 is 2.83 bits per heavy atom. The van der Waals surface area contributed by atoms with Gasteiger partial charge in [-0.2, -0.15) is 0 Å². The molecule has 1 atom stereocenters. The van der Waals surface area contributed by atoms with Crippen molar-refractivity contribution in [3.05, 3.63) is 34.5 Å². The standard InChI is InChI=1S/C16H22N2/c1-10-8-11(2)16-12(9-10)15-13(17-3)6-4-5-7-14(15)18-16/h8-9,13,17-18H,4-7H2,1-3H3. The van der Waals surface area contributed by atoms with Gasteiger partial charge in [-0.25, -0.2) is 0 Å². The summed E-state index contributed by atoms with van der Waals surface area (Å²) in [7, 11) is 2.08. The summed E-state index contributed by atoms with van der Waals surface area (Å²) in [5, 5.41) is 4.93. The lowest BCUT2D eigenvalue weighted by molar-refractivity contribution is 0.536. The molecule has 0 spiro atoms. The minimum atomic E-state index is 0.512. The number of benzene rings is 1. The molecule has 96 valence electrons. The van der Waals surface area contributed by atoms with E-state index in [4.69, 9.17) is 0 Å². The summed E-state index contributed by atoms with van der Waals surface area (Å²) >= 11 is 0. The molecule has 2 nitrogen and oxygen atoms in total. The molecule has 0 saturated carbocycles. The molecule has 3 rings (SSSR count). The molecule has 1 aliphatic rings. The van der Waals surface area contributed by atoms with Crippen LogP contribution in [0, 0.1) is 13.8 Å². The fourth-order valence-corrected chi connectivity index (χ4v) is 3.41. The normalized spacial score (nSPS) is 19.8. The van der Waals surface area contributed by atoms with Crippen LogP contribution in [-0.2, 0) is 6.42 Å². The van der Waals surface area contributed by atoms with Crippen molar-refractivity contribution in [3.8, 4) is 0 Å². The fraction of sp³-hybridized carbons (Fsp3) is 0.500. The van der Waals surface area contributed by atoms with Crippen LogP contribution in [0.5, 0.6) is 0 Å². The highest BCUT2D eigenvalue weighted by Crippen LogP contribution is 2.36. The molecular formula is C16H22N2. The summed E-state index contributed by atoms with van der Waals surface area (Å²) < 4.78 is 0. The van der Waals surface area contributed by atoms with Crippen LogP contribution in [0.25, 0.3) is 10.9 Å². The lowest BCUT2D eigenvalue weighted by Crippen LogP contribution is -2.16. The van der Waals surface area contributed by atoms with Crippen molar-refractivity contribution in [3.63, 3.8) is 0 Å². The minimum Gasteiger partial charge on any atom is -0.358 e. The van der Waals surface area contributed by atoms with E-state index in [0.717, 1.165) is 0 Å². The maximum Gasteiger partial charge on any atom is 0.0489 e. The van der Waals surface area contributed by atoms with Crippen LogP contribution < -0.4 is 5.32 Å². The lowest BCUT2D eigenvalue weighted by Gasteiger charge is -2.15. The third-order valence-electron chi connectivity index (χ3n) is 4.24. The maximum atomic E-state index is 3.68. The van der Waals surface area contributed by atoms with Crippen molar-refractivity contribution in [1.29, 1.82) is 0 Å². The summed E-state index contributed by atoms with van der Waals surface area (Å²) in [6, 6.07) is 5.12. The second kappa shape index (κ2) is 4.43. The average Bonchev–Trinajstić information content (AvgIpc) is 2.57. The van der Waals surface area contributed by atoms with Crippen LogP contribution >= 0.6 is 0 Å². The van der Waals surface area contributed by atoms with Gasteiger partial charge < -0.3 is 10.3 Å². The van der Waals surface area contributed by atoms with E-state index in [9.17, 15) is 0 Å². The average molecular weight is 242 g/mol. The summed E-state index contributed by atoms with van der Waals surface area (Å²) in [4.78, 5) is 3.68. The number of fused-ring (bicyclic) bond motifs is 3.